The molecule has 2 aromatic carbocycles. The molecule has 0 spiro atoms. The smallest absolute Gasteiger partial charge is 0.317 e. The fourth-order valence-electron chi connectivity index (χ4n) is 3.32. The second kappa shape index (κ2) is 8.48. The van der Waals surface area contributed by atoms with Crippen LogP contribution in [0.15, 0.2) is 42.5 Å². The molecule has 1 heterocycles. The van der Waals surface area contributed by atoms with E-state index in [9.17, 15) is 13.6 Å². The van der Waals surface area contributed by atoms with Gasteiger partial charge >= 0.3 is 6.03 Å². The van der Waals surface area contributed by atoms with E-state index < -0.39 is 11.6 Å². The minimum atomic E-state index is -0.834. The summed E-state index contributed by atoms with van der Waals surface area (Å²) in [6, 6.07) is 12.1. The van der Waals surface area contributed by atoms with Gasteiger partial charge < -0.3 is 10.2 Å². The lowest BCUT2D eigenvalue weighted by molar-refractivity contribution is 0.178. The average Bonchev–Trinajstić information content (AvgIpc) is 2.65. The zero-order valence-electron chi connectivity index (χ0n) is 15.7. The van der Waals surface area contributed by atoms with E-state index in [-0.39, 0.29) is 12.1 Å². The SMILES string of the molecule is CN(C)C(=O)NC1CCN(Cc2cccc(-c3ccc(F)c(F)c3)c2)CC1. The summed E-state index contributed by atoms with van der Waals surface area (Å²) in [6.45, 7) is 2.62. The second-order valence-corrected chi connectivity index (χ2v) is 7.22. The molecule has 1 aliphatic heterocycles. The van der Waals surface area contributed by atoms with Gasteiger partial charge in [0.25, 0.3) is 0 Å². The van der Waals surface area contributed by atoms with Crippen LogP contribution in [0.25, 0.3) is 11.1 Å². The van der Waals surface area contributed by atoms with E-state index in [1.807, 2.05) is 24.3 Å². The lowest BCUT2D eigenvalue weighted by Crippen LogP contribution is -2.47. The van der Waals surface area contributed by atoms with Gasteiger partial charge in [-0.3, -0.25) is 4.90 Å². The van der Waals surface area contributed by atoms with Crippen molar-refractivity contribution in [1.82, 2.24) is 15.1 Å². The van der Waals surface area contributed by atoms with Crippen molar-refractivity contribution < 1.29 is 13.6 Å². The van der Waals surface area contributed by atoms with Gasteiger partial charge in [0.05, 0.1) is 0 Å². The van der Waals surface area contributed by atoms with Gasteiger partial charge in [-0.15, -0.1) is 0 Å². The van der Waals surface area contributed by atoms with E-state index >= 15 is 0 Å². The number of likely N-dealkylation sites (tertiary alicyclic amines) is 1. The van der Waals surface area contributed by atoms with Crippen molar-refractivity contribution in [2.75, 3.05) is 27.2 Å². The third-order valence-corrected chi connectivity index (χ3v) is 4.91. The monoisotopic (exact) mass is 373 g/mol. The van der Waals surface area contributed by atoms with Crippen LogP contribution in [0, 0.1) is 11.6 Å². The molecule has 144 valence electrons. The second-order valence-electron chi connectivity index (χ2n) is 7.22. The Kier molecular flexibility index (Phi) is 6.06. The molecule has 2 amide bonds. The number of nitrogens with one attached hydrogen (secondary N) is 1. The molecule has 1 fully saturated rings. The van der Waals surface area contributed by atoms with Crippen molar-refractivity contribution >= 4 is 6.03 Å². The summed E-state index contributed by atoms with van der Waals surface area (Å²) in [5, 5.41) is 3.04. The first-order chi connectivity index (χ1) is 12.9. The predicted octanol–water partition coefficient (Wildman–Crippen LogP) is 3.87. The Morgan fingerprint density at radius 1 is 1.07 bits per heavy atom. The third-order valence-electron chi connectivity index (χ3n) is 4.91. The summed E-state index contributed by atoms with van der Waals surface area (Å²) in [5.74, 6) is -1.67. The standard InChI is InChI=1S/C21H25F2N3O/c1-25(2)21(27)24-18-8-10-26(11-9-18)14-15-4-3-5-16(12-15)17-6-7-19(22)20(23)13-17/h3-7,12-13,18H,8-11,14H2,1-2H3,(H,24,27). The first kappa shape index (κ1) is 19.3. The molecule has 1 N–H and O–H groups in total. The van der Waals surface area contributed by atoms with Crippen LogP contribution in [0.5, 0.6) is 0 Å². The summed E-state index contributed by atoms with van der Waals surface area (Å²) in [7, 11) is 3.48. The minimum absolute atomic E-state index is 0.0484. The van der Waals surface area contributed by atoms with E-state index in [1.165, 1.54) is 6.07 Å². The maximum Gasteiger partial charge on any atom is 0.317 e. The predicted molar refractivity (Wildman–Crippen MR) is 102 cm³/mol. The van der Waals surface area contributed by atoms with Crippen LogP contribution in [0.1, 0.15) is 18.4 Å². The van der Waals surface area contributed by atoms with Gasteiger partial charge in [-0.1, -0.05) is 24.3 Å². The molecule has 0 unspecified atom stereocenters. The van der Waals surface area contributed by atoms with E-state index in [0.29, 0.717) is 5.56 Å². The minimum Gasteiger partial charge on any atom is -0.335 e. The van der Waals surface area contributed by atoms with Crippen LogP contribution in [-0.4, -0.2) is 49.1 Å². The molecule has 0 saturated carbocycles. The third kappa shape index (κ3) is 5.04. The topological polar surface area (TPSA) is 35.6 Å². The normalized spacial score (nSPS) is 15.6. The largest absolute Gasteiger partial charge is 0.335 e. The van der Waals surface area contributed by atoms with Gasteiger partial charge in [0.2, 0.25) is 0 Å². The number of carbonyl (C=O) groups is 1. The summed E-state index contributed by atoms with van der Waals surface area (Å²) in [5.41, 5.74) is 2.67. The van der Waals surface area contributed by atoms with Gasteiger partial charge in [0, 0.05) is 39.8 Å². The molecule has 0 aromatic heterocycles. The van der Waals surface area contributed by atoms with Crippen molar-refractivity contribution in [3.8, 4) is 11.1 Å². The van der Waals surface area contributed by atoms with Crippen molar-refractivity contribution in [1.29, 1.82) is 0 Å². The first-order valence-electron chi connectivity index (χ1n) is 9.17. The average molecular weight is 373 g/mol. The molecule has 0 bridgehead atoms. The zero-order chi connectivity index (χ0) is 19.4. The molecular formula is C21H25F2N3O. The van der Waals surface area contributed by atoms with E-state index in [1.54, 1.807) is 25.1 Å². The van der Waals surface area contributed by atoms with Crippen molar-refractivity contribution in [3.05, 3.63) is 59.7 Å². The summed E-state index contributed by atoms with van der Waals surface area (Å²) in [4.78, 5) is 15.7. The Bertz CT molecular complexity index is 802. The number of hydrogen-bond acceptors (Lipinski definition) is 2. The molecule has 0 aliphatic carbocycles. The van der Waals surface area contributed by atoms with Crippen LogP contribution in [-0.2, 0) is 6.54 Å². The molecule has 0 atom stereocenters. The van der Waals surface area contributed by atoms with Crippen LogP contribution in [0.2, 0.25) is 0 Å². The molecule has 0 radical (unpaired) electrons. The molecule has 27 heavy (non-hydrogen) atoms. The number of urea groups is 1. The molecular weight excluding hydrogens is 348 g/mol. The van der Waals surface area contributed by atoms with Crippen LogP contribution in [0.4, 0.5) is 13.6 Å². The highest BCUT2D eigenvalue weighted by molar-refractivity contribution is 5.73. The molecule has 1 aliphatic rings. The Hall–Kier alpha value is -2.47. The fraction of sp³-hybridized carbons (Fsp3) is 0.381. The number of amides is 2. The maximum atomic E-state index is 13.5. The number of benzene rings is 2. The van der Waals surface area contributed by atoms with E-state index in [2.05, 4.69) is 10.2 Å². The summed E-state index contributed by atoms with van der Waals surface area (Å²) >= 11 is 0. The summed E-state index contributed by atoms with van der Waals surface area (Å²) in [6.07, 6.45) is 1.84. The summed E-state index contributed by atoms with van der Waals surface area (Å²) < 4.78 is 26.6. The molecule has 4 nitrogen and oxygen atoms in total. The number of piperidine rings is 1. The number of nitrogens with zero attached hydrogens (tertiary/aromatic N) is 2. The Morgan fingerprint density at radius 2 is 1.78 bits per heavy atom. The van der Waals surface area contributed by atoms with Gasteiger partial charge in [0.1, 0.15) is 0 Å². The quantitative estimate of drug-likeness (QED) is 0.883. The van der Waals surface area contributed by atoms with Crippen molar-refractivity contribution in [2.45, 2.75) is 25.4 Å². The highest BCUT2D eigenvalue weighted by Crippen LogP contribution is 2.23. The Morgan fingerprint density at radius 3 is 2.44 bits per heavy atom. The van der Waals surface area contributed by atoms with Gasteiger partial charge in [-0.2, -0.15) is 0 Å². The highest BCUT2D eigenvalue weighted by Gasteiger charge is 2.21. The van der Waals surface area contributed by atoms with Gasteiger partial charge in [-0.05, 0) is 47.7 Å². The zero-order valence-corrected chi connectivity index (χ0v) is 15.7. The number of carbonyl (C=O) groups excluding carboxylic acids is 1. The first-order valence-corrected chi connectivity index (χ1v) is 9.17. The van der Waals surface area contributed by atoms with Gasteiger partial charge in [0.15, 0.2) is 11.6 Å². The van der Waals surface area contributed by atoms with Crippen LogP contribution >= 0.6 is 0 Å². The number of rotatable bonds is 4. The van der Waals surface area contributed by atoms with Crippen LogP contribution in [0.3, 0.4) is 0 Å². The van der Waals surface area contributed by atoms with Gasteiger partial charge in [-0.25, -0.2) is 13.6 Å². The fourth-order valence-corrected chi connectivity index (χ4v) is 3.32. The lowest BCUT2D eigenvalue weighted by atomic mass is 10.0. The maximum absolute atomic E-state index is 13.5. The van der Waals surface area contributed by atoms with Crippen molar-refractivity contribution in [2.24, 2.45) is 0 Å². The molecule has 1 saturated heterocycles. The van der Waals surface area contributed by atoms with E-state index in [0.717, 1.165) is 49.7 Å². The highest BCUT2D eigenvalue weighted by atomic mass is 19.2. The molecule has 3 rings (SSSR count). The number of halogens is 2. The Balaban J connectivity index is 1.59. The molecule has 6 heteroatoms. The Labute approximate surface area is 158 Å². The number of hydrogen-bond donors (Lipinski definition) is 1. The van der Waals surface area contributed by atoms with Crippen molar-refractivity contribution in [3.63, 3.8) is 0 Å². The van der Waals surface area contributed by atoms with E-state index in [4.69, 9.17) is 0 Å². The molecule has 2 aromatic rings. The lowest BCUT2D eigenvalue weighted by Gasteiger charge is -2.33. The van der Waals surface area contributed by atoms with Crippen LogP contribution < -0.4 is 5.32 Å².